The number of nitrogens with one attached hydrogen (secondary N) is 2. The third-order valence-corrected chi connectivity index (χ3v) is 4.99. The second-order valence-corrected chi connectivity index (χ2v) is 7.09. The lowest BCUT2D eigenvalue weighted by Gasteiger charge is -2.11. The van der Waals surface area contributed by atoms with Gasteiger partial charge in [0.25, 0.3) is 0 Å². The lowest BCUT2D eigenvalue weighted by atomic mass is 9.99. The summed E-state index contributed by atoms with van der Waals surface area (Å²) in [6.07, 6.45) is 0. The van der Waals surface area contributed by atoms with Crippen LogP contribution in [0.3, 0.4) is 0 Å². The molecule has 0 amide bonds. The van der Waals surface area contributed by atoms with Gasteiger partial charge in [-0.05, 0) is 49.7 Å². The van der Waals surface area contributed by atoms with Crippen molar-refractivity contribution in [3.8, 4) is 0 Å². The van der Waals surface area contributed by atoms with Crippen molar-refractivity contribution in [1.82, 2.24) is 4.98 Å². The Bertz CT molecular complexity index is 1160. The second-order valence-electron chi connectivity index (χ2n) is 6.69. The van der Waals surface area contributed by atoms with Gasteiger partial charge in [0, 0.05) is 27.9 Å². The van der Waals surface area contributed by atoms with E-state index in [1.54, 1.807) is 12.1 Å². The van der Waals surface area contributed by atoms with Gasteiger partial charge in [-0.3, -0.25) is 4.79 Å². The number of hydrogen-bond acceptors (Lipinski definition) is 2. The number of carbonyl (C=O) groups excluding carboxylic acids is 1. The van der Waals surface area contributed by atoms with Gasteiger partial charge in [-0.25, -0.2) is 0 Å². The van der Waals surface area contributed by atoms with Crippen LogP contribution >= 0.6 is 11.6 Å². The second kappa shape index (κ2) is 6.93. The Kier molecular flexibility index (Phi) is 4.46. The van der Waals surface area contributed by atoms with Crippen molar-refractivity contribution in [2.75, 3.05) is 5.32 Å². The van der Waals surface area contributed by atoms with Crippen LogP contribution in [0.4, 0.5) is 11.4 Å². The van der Waals surface area contributed by atoms with E-state index in [1.165, 1.54) is 0 Å². The zero-order chi connectivity index (χ0) is 19.0. The maximum absolute atomic E-state index is 12.8. The predicted octanol–water partition coefficient (Wildman–Crippen LogP) is 6.41. The van der Waals surface area contributed by atoms with Crippen molar-refractivity contribution >= 4 is 39.7 Å². The fraction of sp³-hybridized carbons (Fsp3) is 0.0870. The summed E-state index contributed by atoms with van der Waals surface area (Å²) in [6, 6.07) is 21.2. The number of ketones is 1. The fourth-order valence-corrected chi connectivity index (χ4v) is 3.57. The van der Waals surface area contributed by atoms with Gasteiger partial charge in [-0.1, -0.05) is 48.0 Å². The average molecular weight is 375 g/mol. The number of fused-ring (bicyclic) bond motifs is 1. The highest BCUT2D eigenvalue weighted by molar-refractivity contribution is 6.35. The molecule has 1 heterocycles. The van der Waals surface area contributed by atoms with Gasteiger partial charge in [-0.15, -0.1) is 0 Å². The summed E-state index contributed by atoms with van der Waals surface area (Å²) in [7, 11) is 0. The molecule has 0 unspecified atom stereocenters. The van der Waals surface area contributed by atoms with Crippen LogP contribution in [0.1, 0.15) is 27.2 Å². The third-order valence-electron chi connectivity index (χ3n) is 4.67. The molecule has 1 aromatic heterocycles. The minimum absolute atomic E-state index is 0.0632. The van der Waals surface area contributed by atoms with E-state index < -0.39 is 0 Å². The van der Waals surface area contributed by atoms with Crippen molar-refractivity contribution in [3.63, 3.8) is 0 Å². The molecule has 0 atom stereocenters. The summed E-state index contributed by atoms with van der Waals surface area (Å²) in [5, 5.41) is 4.97. The van der Waals surface area contributed by atoms with Crippen LogP contribution in [0.2, 0.25) is 5.02 Å². The largest absolute Gasteiger partial charge is 0.357 e. The molecule has 4 aromatic rings. The molecule has 0 saturated heterocycles. The first-order chi connectivity index (χ1) is 13.0. The molecule has 0 aliphatic heterocycles. The number of aromatic amines is 1. The summed E-state index contributed by atoms with van der Waals surface area (Å²) < 4.78 is 0. The molecule has 0 fully saturated rings. The van der Waals surface area contributed by atoms with E-state index in [9.17, 15) is 4.79 Å². The average Bonchev–Trinajstić information content (AvgIpc) is 3.03. The maximum Gasteiger partial charge on any atom is 0.194 e. The highest BCUT2D eigenvalue weighted by Crippen LogP contribution is 2.29. The SMILES string of the molecule is Cc1cc2cccc(Nc3ccc(C(=O)c4ccccc4C)c(Cl)c3)c2[nH]1. The summed E-state index contributed by atoms with van der Waals surface area (Å²) in [5.74, 6) is -0.0632. The van der Waals surface area contributed by atoms with E-state index in [0.717, 1.165) is 33.5 Å². The normalized spacial score (nSPS) is 10.9. The van der Waals surface area contributed by atoms with E-state index >= 15 is 0 Å². The van der Waals surface area contributed by atoms with Gasteiger partial charge in [-0.2, -0.15) is 0 Å². The number of halogens is 1. The molecule has 3 aromatic carbocycles. The zero-order valence-corrected chi connectivity index (χ0v) is 15.9. The summed E-state index contributed by atoms with van der Waals surface area (Å²) in [6.45, 7) is 3.96. The lowest BCUT2D eigenvalue weighted by Crippen LogP contribution is -2.04. The Balaban J connectivity index is 1.66. The smallest absolute Gasteiger partial charge is 0.194 e. The van der Waals surface area contributed by atoms with Gasteiger partial charge in [0.15, 0.2) is 5.78 Å². The van der Waals surface area contributed by atoms with Crippen LogP contribution in [-0.4, -0.2) is 10.8 Å². The molecule has 4 heteroatoms. The topological polar surface area (TPSA) is 44.9 Å². The van der Waals surface area contributed by atoms with Crippen LogP contribution in [0.15, 0.2) is 66.7 Å². The number of aromatic nitrogens is 1. The Hall–Kier alpha value is -3.04. The summed E-state index contributed by atoms with van der Waals surface area (Å²) in [5.41, 5.74) is 6.07. The Morgan fingerprint density at radius 1 is 0.926 bits per heavy atom. The quantitative estimate of drug-likeness (QED) is 0.405. The lowest BCUT2D eigenvalue weighted by molar-refractivity contribution is 0.103. The van der Waals surface area contributed by atoms with Gasteiger partial charge in [0.1, 0.15) is 0 Å². The van der Waals surface area contributed by atoms with Crippen LogP contribution in [0.25, 0.3) is 10.9 Å². The van der Waals surface area contributed by atoms with Crippen molar-refractivity contribution in [1.29, 1.82) is 0 Å². The van der Waals surface area contributed by atoms with E-state index in [1.807, 2.05) is 56.3 Å². The maximum atomic E-state index is 12.8. The molecule has 134 valence electrons. The minimum Gasteiger partial charge on any atom is -0.357 e. The van der Waals surface area contributed by atoms with Crippen molar-refractivity contribution < 1.29 is 4.79 Å². The molecule has 0 aliphatic carbocycles. The number of H-pyrrole nitrogens is 1. The summed E-state index contributed by atoms with van der Waals surface area (Å²) in [4.78, 5) is 16.2. The predicted molar refractivity (Wildman–Crippen MR) is 112 cm³/mol. The summed E-state index contributed by atoms with van der Waals surface area (Å²) >= 11 is 6.45. The number of benzene rings is 3. The highest BCUT2D eigenvalue weighted by atomic mass is 35.5. The molecule has 3 nitrogen and oxygen atoms in total. The number of hydrogen-bond donors (Lipinski definition) is 2. The number of para-hydroxylation sites is 1. The Morgan fingerprint density at radius 3 is 2.52 bits per heavy atom. The van der Waals surface area contributed by atoms with E-state index in [2.05, 4.69) is 22.4 Å². The molecule has 0 spiro atoms. The van der Waals surface area contributed by atoms with Gasteiger partial charge in [0.05, 0.1) is 16.2 Å². The molecule has 0 radical (unpaired) electrons. The van der Waals surface area contributed by atoms with Crippen LogP contribution < -0.4 is 5.32 Å². The minimum atomic E-state index is -0.0632. The molecule has 2 N–H and O–H groups in total. The Morgan fingerprint density at radius 2 is 1.74 bits per heavy atom. The number of carbonyl (C=O) groups is 1. The molecular weight excluding hydrogens is 356 g/mol. The molecule has 0 bridgehead atoms. The molecule has 0 saturated carbocycles. The molecule has 27 heavy (non-hydrogen) atoms. The first kappa shape index (κ1) is 17.4. The van der Waals surface area contributed by atoms with Gasteiger partial charge < -0.3 is 10.3 Å². The number of rotatable bonds is 4. The van der Waals surface area contributed by atoms with Crippen LogP contribution in [-0.2, 0) is 0 Å². The van der Waals surface area contributed by atoms with E-state index in [4.69, 9.17) is 11.6 Å². The standard InChI is InChI=1S/C23H19ClN2O/c1-14-6-3-4-8-18(14)23(27)19-11-10-17(13-20(19)24)26-21-9-5-7-16-12-15(2)25-22(16)21/h3-13,25-26H,1-2H3. The van der Waals surface area contributed by atoms with Gasteiger partial charge in [0.2, 0.25) is 0 Å². The first-order valence-corrected chi connectivity index (χ1v) is 9.16. The Labute approximate surface area is 163 Å². The van der Waals surface area contributed by atoms with Crippen LogP contribution in [0, 0.1) is 13.8 Å². The molecular formula is C23H19ClN2O. The van der Waals surface area contributed by atoms with Gasteiger partial charge >= 0.3 is 0 Å². The van der Waals surface area contributed by atoms with Crippen molar-refractivity contribution in [2.24, 2.45) is 0 Å². The molecule has 0 aliphatic rings. The number of aryl methyl sites for hydroxylation is 2. The van der Waals surface area contributed by atoms with E-state index in [0.29, 0.717) is 16.1 Å². The first-order valence-electron chi connectivity index (χ1n) is 8.78. The third kappa shape index (κ3) is 3.34. The van der Waals surface area contributed by atoms with E-state index in [-0.39, 0.29) is 5.78 Å². The number of anilines is 2. The zero-order valence-electron chi connectivity index (χ0n) is 15.1. The molecule has 4 rings (SSSR count). The van der Waals surface area contributed by atoms with Crippen LogP contribution in [0.5, 0.6) is 0 Å². The van der Waals surface area contributed by atoms with Crippen molar-refractivity contribution in [2.45, 2.75) is 13.8 Å². The fourth-order valence-electron chi connectivity index (χ4n) is 3.31. The highest BCUT2D eigenvalue weighted by Gasteiger charge is 2.15. The van der Waals surface area contributed by atoms with Crippen molar-refractivity contribution in [3.05, 3.63) is 94.1 Å². The monoisotopic (exact) mass is 374 g/mol.